The standard InChI is InChI=1S/C16H16FN3O/c17-15-7-14(12-21)8-16(9-15)20(6-2-4-18)11-13-3-1-5-19-10-13/h1,3,5,7-10,21H,2,6,11-12H2. The molecule has 0 aliphatic rings. The summed E-state index contributed by atoms with van der Waals surface area (Å²) in [5, 5.41) is 18.0. The van der Waals surface area contributed by atoms with E-state index in [-0.39, 0.29) is 6.61 Å². The van der Waals surface area contributed by atoms with Crippen LogP contribution in [0.3, 0.4) is 0 Å². The van der Waals surface area contributed by atoms with Crippen molar-refractivity contribution in [3.63, 3.8) is 0 Å². The van der Waals surface area contributed by atoms with Gasteiger partial charge in [0, 0.05) is 31.2 Å². The van der Waals surface area contributed by atoms with Crippen LogP contribution >= 0.6 is 0 Å². The second-order valence-corrected chi connectivity index (χ2v) is 4.67. The number of benzene rings is 1. The molecule has 1 heterocycles. The summed E-state index contributed by atoms with van der Waals surface area (Å²) in [6.45, 7) is 0.799. The topological polar surface area (TPSA) is 60.2 Å². The van der Waals surface area contributed by atoms with Crippen molar-refractivity contribution in [3.8, 4) is 6.07 Å². The van der Waals surface area contributed by atoms with Crippen LogP contribution in [0.1, 0.15) is 17.5 Å². The Labute approximate surface area is 123 Å². The van der Waals surface area contributed by atoms with E-state index < -0.39 is 5.82 Å². The van der Waals surface area contributed by atoms with Crippen LogP contribution in [-0.2, 0) is 13.2 Å². The molecule has 0 radical (unpaired) electrons. The molecule has 0 atom stereocenters. The molecule has 2 rings (SSSR count). The fourth-order valence-electron chi connectivity index (χ4n) is 2.10. The van der Waals surface area contributed by atoms with E-state index in [9.17, 15) is 9.50 Å². The molecule has 5 heteroatoms. The van der Waals surface area contributed by atoms with Crippen LogP contribution in [0.2, 0.25) is 0 Å². The minimum Gasteiger partial charge on any atom is -0.392 e. The average Bonchev–Trinajstić information content (AvgIpc) is 2.51. The van der Waals surface area contributed by atoms with E-state index >= 15 is 0 Å². The maximum absolute atomic E-state index is 13.6. The molecule has 2 aromatic rings. The van der Waals surface area contributed by atoms with Gasteiger partial charge in [-0.2, -0.15) is 5.26 Å². The van der Waals surface area contributed by atoms with Crippen LogP contribution in [0, 0.1) is 17.1 Å². The first kappa shape index (κ1) is 14.9. The quantitative estimate of drug-likeness (QED) is 0.886. The number of nitrogens with zero attached hydrogens (tertiary/aromatic N) is 3. The van der Waals surface area contributed by atoms with E-state index in [1.807, 2.05) is 17.0 Å². The van der Waals surface area contributed by atoms with Crippen LogP contribution in [0.25, 0.3) is 0 Å². The van der Waals surface area contributed by atoms with Gasteiger partial charge in [0.25, 0.3) is 0 Å². The number of anilines is 1. The molecule has 0 aliphatic carbocycles. The van der Waals surface area contributed by atoms with Gasteiger partial charge in [0.1, 0.15) is 5.82 Å². The van der Waals surface area contributed by atoms with Crippen LogP contribution < -0.4 is 4.90 Å². The Bertz CT molecular complexity index is 625. The molecule has 0 spiro atoms. The summed E-state index contributed by atoms with van der Waals surface area (Å²) < 4.78 is 13.6. The van der Waals surface area contributed by atoms with E-state index in [0.717, 1.165) is 5.56 Å². The van der Waals surface area contributed by atoms with Gasteiger partial charge in [-0.1, -0.05) is 6.07 Å². The average molecular weight is 285 g/mol. The van der Waals surface area contributed by atoms with E-state index in [0.29, 0.717) is 30.8 Å². The summed E-state index contributed by atoms with van der Waals surface area (Å²) in [6.07, 6.45) is 3.77. The zero-order chi connectivity index (χ0) is 15.1. The van der Waals surface area contributed by atoms with E-state index in [1.165, 1.54) is 12.1 Å². The first-order chi connectivity index (χ1) is 10.2. The lowest BCUT2D eigenvalue weighted by atomic mass is 10.1. The number of aromatic nitrogens is 1. The molecule has 1 N–H and O–H groups in total. The SMILES string of the molecule is N#CCCN(Cc1cccnc1)c1cc(F)cc(CO)c1. The lowest BCUT2D eigenvalue weighted by Gasteiger charge is -2.24. The third-order valence-corrected chi connectivity index (χ3v) is 3.08. The molecule has 0 bridgehead atoms. The van der Waals surface area contributed by atoms with Gasteiger partial charge in [0.15, 0.2) is 0 Å². The van der Waals surface area contributed by atoms with Crippen molar-refractivity contribution >= 4 is 5.69 Å². The second kappa shape index (κ2) is 7.36. The van der Waals surface area contributed by atoms with Gasteiger partial charge < -0.3 is 10.0 Å². The van der Waals surface area contributed by atoms with Crippen molar-refractivity contribution in [3.05, 3.63) is 59.7 Å². The lowest BCUT2D eigenvalue weighted by molar-refractivity contribution is 0.281. The molecular formula is C16H16FN3O. The Kier molecular flexibility index (Phi) is 5.24. The number of pyridine rings is 1. The highest BCUT2D eigenvalue weighted by Crippen LogP contribution is 2.21. The summed E-state index contributed by atoms with van der Waals surface area (Å²) in [4.78, 5) is 5.96. The highest BCUT2D eigenvalue weighted by molar-refractivity contribution is 5.49. The van der Waals surface area contributed by atoms with E-state index in [2.05, 4.69) is 11.1 Å². The molecule has 0 saturated heterocycles. The van der Waals surface area contributed by atoms with Crippen molar-refractivity contribution in [2.75, 3.05) is 11.4 Å². The first-order valence-electron chi connectivity index (χ1n) is 6.64. The largest absolute Gasteiger partial charge is 0.392 e. The van der Waals surface area contributed by atoms with Gasteiger partial charge in [-0.05, 0) is 35.4 Å². The normalized spacial score (nSPS) is 10.1. The molecule has 21 heavy (non-hydrogen) atoms. The summed E-state index contributed by atoms with van der Waals surface area (Å²) in [7, 11) is 0. The van der Waals surface area contributed by atoms with E-state index in [4.69, 9.17) is 5.26 Å². The zero-order valence-corrected chi connectivity index (χ0v) is 11.5. The number of hydrogen-bond donors (Lipinski definition) is 1. The lowest BCUT2D eigenvalue weighted by Crippen LogP contribution is -2.24. The predicted molar refractivity (Wildman–Crippen MR) is 77.8 cm³/mol. The highest BCUT2D eigenvalue weighted by Gasteiger charge is 2.10. The van der Waals surface area contributed by atoms with Gasteiger partial charge >= 0.3 is 0 Å². The van der Waals surface area contributed by atoms with Crippen molar-refractivity contribution in [1.82, 2.24) is 4.98 Å². The monoisotopic (exact) mass is 285 g/mol. The van der Waals surface area contributed by atoms with Crippen LogP contribution in [0.4, 0.5) is 10.1 Å². The molecule has 1 aromatic heterocycles. The van der Waals surface area contributed by atoms with Crippen molar-refractivity contribution in [1.29, 1.82) is 5.26 Å². The van der Waals surface area contributed by atoms with Crippen molar-refractivity contribution < 1.29 is 9.50 Å². The predicted octanol–water partition coefficient (Wildman–Crippen LogP) is 2.63. The van der Waals surface area contributed by atoms with E-state index in [1.54, 1.807) is 18.5 Å². The molecule has 0 amide bonds. The van der Waals surface area contributed by atoms with Crippen LogP contribution in [0.15, 0.2) is 42.7 Å². The number of nitriles is 1. The van der Waals surface area contributed by atoms with Gasteiger partial charge in [0.2, 0.25) is 0 Å². The maximum atomic E-state index is 13.6. The highest BCUT2D eigenvalue weighted by atomic mass is 19.1. The molecule has 0 unspecified atom stereocenters. The minimum absolute atomic E-state index is 0.219. The minimum atomic E-state index is -0.398. The Morgan fingerprint density at radius 2 is 2.14 bits per heavy atom. The third-order valence-electron chi connectivity index (χ3n) is 3.08. The van der Waals surface area contributed by atoms with Gasteiger partial charge in [-0.3, -0.25) is 4.98 Å². The Hall–Kier alpha value is -2.45. The number of aliphatic hydroxyl groups is 1. The maximum Gasteiger partial charge on any atom is 0.125 e. The molecule has 4 nitrogen and oxygen atoms in total. The first-order valence-corrected chi connectivity index (χ1v) is 6.64. The Balaban J connectivity index is 2.27. The zero-order valence-electron chi connectivity index (χ0n) is 11.5. The number of hydrogen-bond acceptors (Lipinski definition) is 4. The Morgan fingerprint density at radius 1 is 1.29 bits per heavy atom. The van der Waals surface area contributed by atoms with Gasteiger partial charge in [-0.15, -0.1) is 0 Å². The Morgan fingerprint density at radius 3 is 2.81 bits per heavy atom. The fraction of sp³-hybridized carbons (Fsp3) is 0.250. The molecule has 108 valence electrons. The number of rotatable bonds is 6. The molecular weight excluding hydrogens is 269 g/mol. The second-order valence-electron chi connectivity index (χ2n) is 4.67. The van der Waals surface area contributed by atoms with Crippen molar-refractivity contribution in [2.45, 2.75) is 19.6 Å². The molecule has 0 fully saturated rings. The van der Waals surface area contributed by atoms with Crippen molar-refractivity contribution in [2.24, 2.45) is 0 Å². The van der Waals surface area contributed by atoms with Crippen LogP contribution in [-0.4, -0.2) is 16.6 Å². The summed E-state index contributed by atoms with van der Waals surface area (Å²) >= 11 is 0. The van der Waals surface area contributed by atoms with Gasteiger partial charge in [-0.25, -0.2) is 4.39 Å². The van der Waals surface area contributed by atoms with Crippen LogP contribution in [0.5, 0.6) is 0 Å². The summed E-state index contributed by atoms with van der Waals surface area (Å²) in [5.41, 5.74) is 2.14. The van der Waals surface area contributed by atoms with Gasteiger partial charge in [0.05, 0.1) is 19.1 Å². The number of aliphatic hydroxyl groups excluding tert-OH is 1. The summed E-state index contributed by atoms with van der Waals surface area (Å²) in [5.74, 6) is -0.398. The summed E-state index contributed by atoms with van der Waals surface area (Å²) in [6, 6.07) is 10.3. The molecule has 1 aromatic carbocycles. The smallest absolute Gasteiger partial charge is 0.125 e. The third kappa shape index (κ3) is 4.26. The molecule has 0 aliphatic heterocycles. The molecule has 0 saturated carbocycles. The number of halogens is 1. The fourth-order valence-corrected chi connectivity index (χ4v) is 2.10.